The van der Waals surface area contributed by atoms with Crippen LogP contribution in [0, 0.1) is 0 Å². The molecule has 4 nitrogen and oxygen atoms in total. The number of carbonyl (C=O) groups is 1. The molecule has 112 valence electrons. The van der Waals surface area contributed by atoms with Gasteiger partial charge in [0.25, 0.3) is 0 Å². The number of para-hydroxylation sites is 1. The molecule has 5 heteroatoms. The fourth-order valence-corrected chi connectivity index (χ4v) is 2.40. The predicted octanol–water partition coefficient (Wildman–Crippen LogP) is 3.39. The normalized spacial score (nSPS) is 10.6. The summed E-state index contributed by atoms with van der Waals surface area (Å²) in [6, 6.07) is 9.63. The fraction of sp³-hybridized carbons (Fsp3) is 0.312. The van der Waals surface area contributed by atoms with E-state index in [1.807, 2.05) is 47.3 Å². The van der Waals surface area contributed by atoms with Crippen LogP contribution in [0.1, 0.15) is 18.9 Å². The molecule has 2 N–H and O–H groups in total. The van der Waals surface area contributed by atoms with Crippen LogP contribution in [0.2, 0.25) is 0 Å². The van der Waals surface area contributed by atoms with Crippen LogP contribution in [0.15, 0.2) is 47.2 Å². The van der Waals surface area contributed by atoms with Crippen molar-refractivity contribution in [3.05, 3.63) is 52.8 Å². The second kappa shape index (κ2) is 8.00. The highest BCUT2D eigenvalue weighted by Gasteiger charge is 2.06. The molecule has 0 radical (unpaired) electrons. The molecule has 0 aliphatic rings. The third kappa shape index (κ3) is 5.02. The Balaban J connectivity index is 1.87. The summed E-state index contributed by atoms with van der Waals surface area (Å²) >= 11 is 3.42. The summed E-state index contributed by atoms with van der Waals surface area (Å²) in [5.41, 5.74) is 1.98. The number of halogens is 1. The first-order chi connectivity index (χ1) is 10.2. The zero-order valence-corrected chi connectivity index (χ0v) is 13.7. The molecule has 0 spiro atoms. The van der Waals surface area contributed by atoms with Gasteiger partial charge in [0.2, 0.25) is 5.91 Å². The summed E-state index contributed by atoms with van der Waals surface area (Å²) in [6.07, 6.45) is 5.06. The number of aromatic nitrogens is 1. The molecule has 1 amide bonds. The van der Waals surface area contributed by atoms with Gasteiger partial charge >= 0.3 is 0 Å². The lowest BCUT2D eigenvalue weighted by atomic mass is 10.3. The number of benzene rings is 1. The van der Waals surface area contributed by atoms with Gasteiger partial charge in [-0.3, -0.25) is 4.79 Å². The van der Waals surface area contributed by atoms with Crippen molar-refractivity contribution >= 4 is 27.5 Å². The lowest BCUT2D eigenvalue weighted by Gasteiger charge is -2.07. The van der Waals surface area contributed by atoms with E-state index in [9.17, 15) is 4.79 Å². The van der Waals surface area contributed by atoms with Crippen LogP contribution in [0.4, 0.5) is 5.69 Å². The first-order valence-corrected chi connectivity index (χ1v) is 7.88. The average molecular weight is 350 g/mol. The number of carbonyl (C=O) groups excluding carboxylic acids is 1. The van der Waals surface area contributed by atoms with Crippen LogP contribution < -0.4 is 10.6 Å². The first kappa shape index (κ1) is 15.8. The maximum atomic E-state index is 12.0. The van der Waals surface area contributed by atoms with E-state index in [2.05, 4.69) is 33.5 Å². The summed E-state index contributed by atoms with van der Waals surface area (Å²) < 4.78 is 2.78. The van der Waals surface area contributed by atoms with Crippen molar-refractivity contribution in [2.24, 2.45) is 0 Å². The number of amides is 1. The van der Waals surface area contributed by atoms with Gasteiger partial charge in [-0.2, -0.15) is 0 Å². The van der Waals surface area contributed by atoms with Gasteiger partial charge in [-0.1, -0.05) is 19.1 Å². The first-order valence-electron chi connectivity index (χ1n) is 7.09. The van der Waals surface area contributed by atoms with Crippen molar-refractivity contribution in [2.75, 3.05) is 11.9 Å². The van der Waals surface area contributed by atoms with E-state index in [1.165, 1.54) is 5.56 Å². The molecule has 0 aliphatic heterocycles. The summed E-state index contributed by atoms with van der Waals surface area (Å²) in [5.74, 6) is -0.0365. The monoisotopic (exact) mass is 349 g/mol. The third-order valence-corrected chi connectivity index (χ3v) is 3.73. The van der Waals surface area contributed by atoms with Crippen molar-refractivity contribution in [2.45, 2.75) is 26.4 Å². The SMILES string of the molecule is CCCNCc1ccn(CC(=O)Nc2ccccc2Br)c1. The average Bonchev–Trinajstić information content (AvgIpc) is 2.89. The van der Waals surface area contributed by atoms with Crippen molar-refractivity contribution in [1.82, 2.24) is 9.88 Å². The van der Waals surface area contributed by atoms with Crippen molar-refractivity contribution in [1.29, 1.82) is 0 Å². The van der Waals surface area contributed by atoms with Gasteiger partial charge in [0, 0.05) is 23.4 Å². The highest BCUT2D eigenvalue weighted by Crippen LogP contribution is 2.21. The van der Waals surface area contributed by atoms with Gasteiger partial charge in [0.15, 0.2) is 0 Å². The second-order valence-electron chi connectivity index (χ2n) is 4.90. The van der Waals surface area contributed by atoms with Crippen LogP contribution in [0.3, 0.4) is 0 Å². The minimum Gasteiger partial charge on any atom is -0.345 e. The van der Waals surface area contributed by atoms with E-state index in [1.54, 1.807) is 0 Å². The van der Waals surface area contributed by atoms with Crippen molar-refractivity contribution in [3.8, 4) is 0 Å². The maximum Gasteiger partial charge on any atom is 0.244 e. The summed E-state index contributed by atoms with van der Waals surface area (Å²) in [5, 5.41) is 6.24. The van der Waals surface area contributed by atoms with Crippen LogP contribution >= 0.6 is 15.9 Å². The molecule has 0 aliphatic carbocycles. The molecule has 0 saturated carbocycles. The summed E-state index contributed by atoms with van der Waals surface area (Å²) in [7, 11) is 0. The van der Waals surface area contributed by atoms with E-state index in [0.29, 0.717) is 6.54 Å². The molecular weight excluding hydrogens is 330 g/mol. The standard InChI is InChI=1S/C16H20BrN3O/c1-2-8-18-10-13-7-9-20(11-13)12-16(21)19-15-6-4-3-5-14(15)17/h3-7,9,11,18H,2,8,10,12H2,1H3,(H,19,21). The highest BCUT2D eigenvalue weighted by molar-refractivity contribution is 9.10. The van der Waals surface area contributed by atoms with Crippen LogP contribution in [0.5, 0.6) is 0 Å². The lowest BCUT2D eigenvalue weighted by Crippen LogP contribution is -2.18. The molecule has 1 aromatic heterocycles. The molecule has 0 saturated heterocycles. The smallest absolute Gasteiger partial charge is 0.244 e. The number of hydrogen-bond donors (Lipinski definition) is 2. The van der Waals surface area contributed by atoms with Crippen LogP contribution in [-0.2, 0) is 17.9 Å². The summed E-state index contributed by atoms with van der Waals surface area (Å²) in [4.78, 5) is 12.0. The fourth-order valence-electron chi connectivity index (χ4n) is 2.02. The highest BCUT2D eigenvalue weighted by atomic mass is 79.9. The Bertz CT molecular complexity index is 595. The van der Waals surface area contributed by atoms with E-state index < -0.39 is 0 Å². The number of anilines is 1. The zero-order chi connectivity index (χ0) is 15.1. The van der Waals surface area contributed by atoms with E-state index >= 15 is 0 Å². The molecule has 0 atom stereocenters. The van der Waals surface area contributed by atoms with Crippen LogP contribution in [-0.4, -0.2) is 17.0 Å². The van der Waals surface area contributed by atoms with Gasteiger partial charge < -0.3 is 15.2 Å². The minimum atomic E-state index is -0.0365. The number of nitrogens with one attached hydrogen (secondary N) is 2. The Morgan fingerprint density at radius 2 is 2.10 bits per heavy atom. The Labute approximate surface area is 133 Å². The topological polar surface area (TPSA) is 46.1 Å². The van der Waals surface area contributed by atoms with Crippen molar-refractivity contribution < 1.29 is 4.79 Å². The predicted molar refractivity (Wildman–Crippen MR) is 89.2 cm³/mol. The third-order valence-electron chi connectivity index (χ3n) is 3.04. The van der Waals surface area contributed by atoms with Gasteiger partial charge in [-0.25, -0.2) is 0 Å². The van der Waals surface area contributed by atoms with Gasteiger partial charge in [0.1, 0.15) is 6.54 Å². The molecule has 1 heterocycles. The molecule has 0 fully saturated rings. The van der Waals surface area contributed by atoms with E-state index in [-0.39, 0.29) is 5.91 Å². The lowest BCUT2D eigenvalue weighted by molar-refractivity contribution is -0.116. The largest absolute Gasteiger partial charge is 0.345 e. The molecule has 2 aromatic rings. The molecule has 2 rings (SSSR count). The minimum absolute atomic E-state index is 0.0365. The van der Waals surface area contributed by atoms with Gasteiger partial charge in [0.05, 0.1) is 5.69 Å². The van der Waals surface area contributed by atoms with Gasteiger partial charge in [-0.05, 0) is 52.7 Å². The number of hydrogen-bond acceptors (Lipinski definition) is 2. The molecule has 21 heavy (non-hydrogen) atoms. The number of nitrogens with zero attached hydrogens (tertiary/aromatic N) is 1. The summed E-state index contributed by atoms with van der Waals surface area (Å²) in [6.45, 7) is 4.31. The van der Waals surface area contributed by atoms with E-state index in [0.717, 1.165) is 29.7 Å². The van der Waals surface area contributed by atoms with Gasteiger partial charge in [-0.15, -0.1) is 0 Å². The Hall–Kier alpha value is -1.59. The molecular formula is C16H20BrN3O. The molecule has 1 aromatic carbocycles. The van der Waals surface area contributed by atoms with Crippen LogP contribution in [0.25, 0.3) is 0 Å². The molecule has 0 unspecified atom stereocenters. The number of rotatable bonds is 7. The van der Waals surface area contributed by atoms with E-state index in [4.69, 9.17) is 0 Å². The Morgan fingerprint density at radius 1 is 1.29 bits per heavy atom. The second-order valence-corrected chi connectivity index (χ2v) is 5.75. The Morgan fingerprint density at radius 3 is 2.86 bits per heavy atom. The quantitative estimate of drug-likeness (QED) is 0.752. The zero-order valence-electron chi connectivity index (χ0n) is 12.1. The molecule has 0 bridgehead atoms. The maximum absolute atomic E-state index is 12.0. The Kier molecular flexibility index (Phi) is 6.02. The van der Waals surface area contributed by atoms with Crippen molar-refractivity contribution in [3.63, 3.8) is 0 Å².